The molecule has 8 heteroatoms. The molecule has 4 heterocycles. The van der Waals surface area contributed by atoms with Crippen LogP contribution in [0.5, 0.6) is 0 Å². The number of carbonyl (C=O) groups is 2. The molecule has 0 aliphatic carbocycles. The molecule has 154 valence electrons. The van der Waals surface area contributed by atoms with Crippen molar-refractivity contribution >= 4 is 39.1 Å². The van der Waals surface area contributed by atoms with Gasteiger partial charge in [-0.3, -0.25) is 9.59 Å². The number of thiophene rings is 1. The molecule has 30 heavy (non-hydrogen) atoms. The van der Waals surface area contributed by atoms with Gasteiger partial charge in [0.15, 0.2) is 0 Å². The maximum absolute atomic E-state index is 13.3. The molecule has 1 atom stereocenters. The van der Waals surface area contributed by atoms with Crippen LogP contribution in [0.25, 0.3) is 10.2 Å². The van der Waals surface area contributed by atoms with Crippen LogP contribution in [-0.4, -0.2) is 52.9 Å². The highest BCUT2D eigenvalue weighted by atomic mass is 32.1. The molecule has 0 spiro atoms. The summed E-state index contributed by atoms with van der Waals surface area (Å²) in [6.45, 7) is 1.55. The maximum atomic E-state index is 13.3. The van der Waals surface area contributed by atoms with Crippen LogP contribution in [0.3, 0.4) is 0 Å². The lowest BCUT2D eigenvalue weighted by molar-refractivity contribution is -0.122. The Balaban J connectivity index is 1.44. The molecule has 5 rings (SSSR count). The van der Waals surface area contributed by atoms with Gasteiger partial charge in [0.2, 0.25) is 5.91 Å². The Bertz CT molecular complexity index is 1110. The van der Waals surface area contributed by atoms with E-state index in [1.807, 2.05) is 52.4 Å². The van der Waals surface area contributed by atoms with E-state index in [0.717, 1.165) is 40.9 Å². The Kier molecular flexibility index (Phi) is 5.10. The Labute approximate surface area is 177 Å². The van der Waals surface area contributed by atoms with Gasteiger partial charge in [-0.05, 0) is 35.9 Å². The first-order valence-electron chi connectivity index (χ1n) is 10.1. The van der Waals surface area contributed by atoms with Crippen LogP contribution < -0.4 is 5.32 Å². The van der Waals surface area contributed by atoms with Crippen LogP contribution in [0, 0.1) is 0 Å². The number of nitrogens with zero attached hydrogens (tertiary/aromatic N) is 3. The summed E-state index contributed by atoms with van der Waals surface area (Å²) in [5, 5.41) is 10.8. The predicted octanol–water partition coefficient (Wildman–Crippen LogP) is 2.86. The number of hydrazone groups is 1. The van der Waals surface area contributed by atoms with Crippen molar-refractivity contribution in [1.29, 1.82) is 0 Å². The number of fused-ring (bicyclic) bond motifs is 3. The minimum atomic E-state index is -0.267. The number of aromatic nitrogens is 1. The number of ether oxygens (including phenoxy) is 1. The van der Waals surface area contributed by atoms with Crippen molar-refractivity contribution in [2.24, 2.45) is 5.10 Å². The zero-order chi connectivity index (χ0) is 20.5. The molecule has 0 saturated carbocycles. The third-order valence-electron chi connectivity index (χ3n) is 5.48. The molecule has 2 aliphatic rings. The van der Waals surface area contributed by atoms with Gasteiger partial charge >= 0.3 is 0 Å². The number of benzene rings is 1. The number of nitrogens with one attached hydrogen (secondary N) is 1. The molecule has 2 aliphatic heterocycles. The van der Waals surface area contributed by atoms with Crippen LogP contribution in [0.15, 0.2) is 52.9 Å². The molecule has 1 saturated heterocycles. The second kappa shape index (κ2) is 8.04. The van der Waals surface area contributed by atoms with Gasteiger partial charge in [0, 0.05) is 13.2 Å². The molecule has 1 aromatic carbocycles. The Morgan fingerprint density at radius 1 is 1.27 bits per heavy atom. The summed E-state index contributed by atoms with van der Waals surface area (Å²) in [6, 6.07) is 13.7. The molecular weight excluding hydrogens is 400 g/mol. The van der Waals surface area contributed by atoms with Crippen molar-refractivity contribution in [3.63, 3.8) is 0 Å². The lowest BCUT2D eigenvalue weighted by atomic mass is 10.1. The number of hydrogen-bond donors (Lipinski definition) is 1. The summed E-state index contributed by atoms with van der Waals surface area (Å²) >= 11 is 1.60. The summed E-state index contributed by atoms with van der Waals surface area (Å²) in [5.41, 5.74) is 3.24. The van der Waals surface area contributed by atoms with Gasteiger partial charge in [-0.25, -0.2) is 5.01 Å². The topological polar surface area (TPSA) is 75.9 Å². The predicted molar refractivity (Wildman–Crippen MR) is 116 cm³/mol. The fourth-order valence-electron chi connectivity index (χ4n) is 3.94. The van der Waals surface area contributed by atoms with Gasteiger partial charge in [-0.2, -0.15) is 5.10 Å². The summed E-state index contributed by atoms with van der Waals surface area (Å²) in [6.07, 6.45) is 2.02. The third-order valence-corrected chi connectivity index (χ3v) is 6.33. The van der Waals surface area contributed by atoms with Crippen molar-refractivity contribution in [3.05, 3.63) is 59.1 Å². The van der Waals surface area contributed by atoms with Crippen molar-refractivity contribution in [2.75, 3.05) is 19.7 Å². The van der Waals surface area contributed by atoms with Gasteiger partial charge in [0.05, 0.1) is 28.6 Å². The zero-order valence-corrected chi connectivity index (χ0v) is 17.2. The summed E-state index contributed by atoms with van der Waals surface area (Å²) < 4.78 is 8.60. The zero-order valence-electron chi connectivity index (χ0n) is 16.4. The van der Waals surface area contributed by atoms with E-state index in [1.54, 1.807) is 11.3 Å². The number of carbonyl (C=O) groups excluding carboxylic acids is 2. The van der Waals surface area contributed by atoms with Gasteiger partial charge in [-0.15, -0.1) is 11.3 Å². The van der Waals surface area contributed by atoms with E-state index >= 15 is 0 Å². The first kappa shape index (κ1) is 19.0. The lowest BCUT2D eigenvalue weighted by Gasteiger charge is -2.17. The van der Waals surface area contributed by atoms with E-state index < -0.39 is 0 Å². The molecule has 1 unspecified atom stereocenters. The Morgan fingerprint density at radius 2 is 2.13 bits per heavy atom. The first-order valence-corrected chi connectivity index (χ1v) is 11.0. The van der Waals surface area contributed by atoms with Gasteiger partial charge in [-0.1, -0.05) is 30.3 Å². The van der Waals surface area contributed by atoms with Gasteiger partial charge in [0.1, 0.15) is 12.2 Å². The van der Waals surface area contributed by atoms with Crippen LogP contribution in [-0.2, 0) is 16.1 Å². The van der Waals surface area contributed by atoms with E-state index in [1.165, 1.54) is 5.01 Å². The minimum absolute atomic E-state index is 0.0567. The molecule has 3 aromatic rings. The van der Waals surface area contributed by atoms with Crippen LogP contribution in [0.1, 0.15) is 28.9 Å². The van der Waals surface area contributed by atoms with E-state index in [0.29, 0.717) is 18.8 Å². The van der Waals surface area contributed by atoms with Crippen molar-refractivity contribution in [1.82, 2.24) is 14.9 Å². The molecule has 0 radical (unpaired) electrons. The fourth-order valence-corrected chi connectivity index (χ4v) is 4.76. The molecule has 2 aromatic heterocycles. The molecule has 1 fully saturated rings. The highest BCUT2D eigenvalue weighted by molar-refractivity contribution is 7.17. The average Bonchev–Trinajstić information content (AvgIpc) is 3.48. The second-order valence-electron chi connectivity index (χ2n) is 7.50. The van der Waals surface area contributed by atoms with Crippen molar-refractivity contribution in [3.8, 4) is 0 Å². The SMILES string of the molecule is O=C(CN1N=C(c2ccccc2)Cn2c(cc3sccc32)C1=O)NCC1CCCO1. The van der Waals surface area contributed by atoms with Gasteiger partial charge in [0.25, 0.3) is 5.91 Å². The average molecular weight is 423 g/mol. The van der Waals surface area contributed by atoms with E-state index in [4.69, 9.17) is 4.74 Å². The fraction of sp³-hybridized carbons (Fsp3) is 0.318. The summed E-state index contributed by atoms with van der Waals surface area (Å²) in [5.74, 6) is -0.506. The van der Waals surface area contributed by atoms with Gasteiger partial charge < -0.3 is 14.6 Å². The number of rotatable bonds is 5. The van der Waals surface area contributed by atoms with E-state index in [9.17, 15) is 9.59 Å². The van der Waals surface area contributed by atoms with Crippen LogP contribution in [0.2, 0.25) is 0 Å². The molecule has 2 amide bonds. The Morgan fingerprint density at radius 3 is 2.93 bits per heavy atom. The minimum Gasteiger partial charge on any atom is -0.376 e. The highest BCUT2D eigenvalue weighted by Crippen LogP contribution is 2.28. The number of amides is 2. The standard InChI is InChI=1S/C22H22N4O3S/c27-21(23-12-16-7-4-9-29-16)14-26-22(28)19-11-20-18(8-10-30-20)25(19)13-17(24-26)15-5-2-1-3-6-15/h1-3,5-6,8,10-11,16H,4,7,9,12-14H2,(H,23,27). The normalized spacial score (nSPS) is 18.9. The first-order chi connectivity index (χ1) is 14.7. The maximum Gasteiger partial charge on any atom is 0.291 e. The van der Waals surface area contributed by atoms with E-state index in [-0.39, 0.29) is 24.5 Å². The van der Waals surface area contributed by atoms with E-state index in [2.05, 4.69) is 10.4 Å². The van der Waals surface area contributed by atoms with Crippen molar-refractivity contribution < 1.29 is 14.3 Å². The molecule has 1 N–H and O–H groups in total. The summed E-state index contributed by atoms with van der Waals surface area (Å²) in [4.78, 5) is 25.8. The highest BCUT2D eigenvalue weighted by Gasteiger charge is 2.28. The molecule has 0 bridgehead atoms. The quantitative estimate of drug-likeness (QED) is 0.687. The van der Waals surface area contributed by atoms with Crippen molar-refractivity contribution in [2.45, 2.75) is 25.5 Å². The number of hydrogen-bond acceptors (Lipinski definition) is 5. The monoisotopic (exact) mass is 422 g/mol. The van der Waals surface area contributed by atoms with Crippen LogP contribution >= 0.6 is 11.3 Å². The Hall–Kier alpha value is -2.97. The lowest BCUT2D eigenvalue weighted by Crippen LogP contribution is -2.40. The second-order valence-corrected chi connectivity index (χ2v) is 8.45. The van der Waals surface area contributed by atoms with Crippen LogP contribution in [0.4, 0.5) is 0 Å². The smallest absolute Gasteiger partial charge is 0.291 e. The third kappa shape index (κ3) is 3.64. The molecular formula is C22H22N4O3S. The summed E-state index contributed by atoms with van der Waals surface area (Å²) in [7, 11) is 0. The largest absolute Gasteiger partial charge is 0.376 e. The molecule has 7 nitrogen and oxygen atoms in total.